The van der Waals surface area contributed by atoms with Gasteiger partial charge in [0.1, 0.15) is 11.6 Å². The van der Waals surface area contributed by atoms with Crippen LogP contribution in [0.3, 0.4) is 0 Å². The number of halogens is 3. The van der Waals surface area contributed by atoms with Crippen LogP contribution in [0.25, 0.3) is 0 Å². The third kappa shape index (κ3) is 4.52. The highest BCUT2D eigenvalue weighted by molar-refractivity contribution is 5.85. The maximum absolute atomic E-state index is 13.0. The summed E-state index contributed by atoms with van der Waals surface area (Å²) in [4.78, 5) is 0. The number of nitrogens with two attached hydrogens (primary N) is 1. The maximum atomic E-state index is 13.0. The molecule has 104 valence electrons. The van der Waals surface area contributed by atoms with E-state index in [0.717, 1.165) is 6.07 Å². The van der Waals surface area contributed by atoms with E-state index in [4.69, 9.17) is 5.73 Å². The van der Waals surface area contributed by atoms with Crippen LogP contribution in [0.5, 0.6) is 0 Å². The van der Waals surface area contributed by atoms with E-state index in [1.54, 1.807) is 0 Å². The molecule has 5 heteroatoms. The van der Waals surface area contributed by atoms with Crippen molar-refractivity contribution >= 4 is 12.4 Å². The van der Waals surface area contributed by atoms with Gasteiger partial charge in [0.15, 0.2) is 0 Å². The molecule has 1 atom stereocenters. The van der Waals surface area contributed by atoms with E-state index >= 15 is 0 Å². The Balaban J connectivity index is 0.00000289. The summed E-state index contributed by atoms with van der Waals surface area (Å²) in [7, 11) is 0. The molecule has 0 aliphatic heterocycles. The zero-order valence-corrected chi connectivity index (χ0v) is 11.8. The molecule has 0 aliphatic rings. The SMILES string of the molecule is CC(C)C(C)(CN)NCc1cc(F)cc(F)c1.Cl. The van der Waals surface area contributed by atoms with Crippen molar-refractivity contribution in [2.75, 3.05) is 6.54 Å². The Morgan fingerprint density at radius 1 is 1.22 bits per heavy atom. The molecule has 0 heterocycles. The Bertz CT molecular complexity index is 365. The number of rotatable bonds is 5. The van der Waals surface area contributed by atoms with Gasteiger partial charge in [0.05, 0.1) is 0 Å². The minimum absolute atomic E-state index is 0. The van der Waals surface area contributed by atoms with E-state index in [2.05, 4.69) is 19.2 Å². The van der Waals surface area contributed by atoms with Crippen LogP contribution in [0.15, 0.2) is 18.2 Å². The topological polar surface area (TPSA) is 38.0 Å². The summed E-state index contributed by atoms with van der Waals surface area (Å²) in [6.07, 6.45) is 0. The highest BCUT2D eigenvalue weighted by atomic mass is 35.5. The van der Waals surface area contributed by atoms with Crippen molar-refractivity contribution in [1.82, 2.24) is 5.32 Å². The number of nitrogens with one attached hydrogen (secondary N) is 1. The average molecular weight is 279 g/mol. The number of benzene rings is 1. The minimum Gasteiger partial charge on any atom is -0.329 e. The summed E-state index contributed by atoms with van der Waals surface area (Å²) < 4.78 is 26.0. The Morgan fingerprint density at radius 2 is 1.72 bits per heavy atom. The molecule has 0 aliphatic carbocycles. The molecule has 1 aromatic carbocycles. The van der Waals surface area contributed by atoms with Crippen molar-refractivity contribution < 1.29 is 8.78 Å². The smallest absolute Gasteiger partial charge is 0.126 e. The number of hydrogen-bond donors (Lipinski definition) is 2. The molecule has 2 nitrogen and oxygen atoms in total. The van der Waals surface area contributed by atoms with Crippen molar-refractivity contribution in [1.29, 1.82) is 0 Å². The quantitative estimate of drug-likeness (QED) is 0.869. The Morgan fingerprint density at radius 3 is 2.11 bits per heavy atom. The van der Waals surface area contributed by atoms with Crippen LogP contribution in [0.2, 0.25) is 0 Å². The van der Waals surface area contributed by atoms with Crippen LogP contribution < -0.4 is 11.1 Å². The highest BCUT2D eigenvalue weighted by Crippen LogP contribution is 2.16. The van der Waals surface area contributed by atoms with E-state index in [9.17, 15) is 8.78 Å². The molecule has 0 fully saturated rings. The number of hydrogen-bond acceptors (Lipinski definition) is 2. The fourth-order valence-corrected chi connectivity index (χ4v) is 1.53. The van der Waals surface area contributed by atoms with Gasteiger partial charge < -0.3 is 11.1 Å². The van der Waals surface area contributed by atoms with Crippen molar-refractivity contribution in [2.45, 2.75) is 32.9 Å². The van der Waals surface area contributed by atoms with Crippen LogP contribution in [-0.2, 0) is 6.54 Å². The van der Waals surface area contributed by atoms with Crippen LogP contribution in [0.4, 0.5) is 8.78 Å². The Hall–Kier alpha value is -0.710. The lowest BCUT2D eigenvalue weighted by atomic mass is 9.88. The first-order chi connectivity index (χ1) is 7.87. The molecule has 3 N–H and O–H groups in total. The predicted molar refractivity (Wildman–Crippen MR) is 72.7 cm³/mol. The summed E-state index contributed by atoms with van der Waals surface area (Å²) in [5.41, 5.74) is 6.07. The van der Waals surface area contributed by atoms with Crippen molar-refractivity contribution in [2.24, 2.45) is 11.7 Å². The van der Waals surface area contributed by atoms with Gasteiger partial charge in [0, 0.05) is 24.7 Å². The molecule has 0 amide bonds. The standard InChI is InChI=1S/C13H20F2N2.ClH/c1-9(2)13(3,8-16)17-7-10-4-11(14)6-12(15)5-10;/h4-6,9,17H,7-8,16H2,1-3H3;1H. The second-order valence-corrected chi connectivity index (χ2v) is 4.91. The van der Waals surface area contributed by atoms with Crippen LogP contribution >= 0.6 is 12.4 Å². The fraction of sp³-hybridized carbons (Fsp3) is 0.538. The van der Waals surface area contributed by atoms with Crippen molar-refractivity contribution in [3.05, 3.63) is 35.4 Å². The third-order valence-electron chi connectivity index (χ3n) is 3.32. The molecule has 1 rings (SSSR count). The lowest BCUT2D eigenvalue weighted by Crippen LogP contribution is -2.52. The van der Waals surface area contributed by atoms with E-state index in [-0.39, 0.29) is 17.9 Å². The van der Waals surface area contributed by atoms with Gasteiger partial charge in [0.2, 0.25) is 0 Å². The van der Waals surface area contributed by atoms with E-state index in [1.807, 2.05) is 6.92 Å². The summed E-state index contributed by atoms with van der Waals surface area (Å²) in [6.45, 7) is 7.01. The molecule has 0 radical (unpaired) electrons. The monoisotopic (exact) mass is 278 g/mol. The van der Waals surface area contributed by atoms with Crippen LogP contribution in [-0.4, -0.2) is 12.1 Å². The van der Waals surface area contributed by atoms with Gasteiger partial charge in [-0.3, -0.25) is 0 Å². The minimum atomic E-state index is -0.555. The lowest BCUT2D eigenvalue weighted by Gasteiger charge is -2.33. The van der Waals surface area contributed by atoms with Gasteiger partial charge in [-0.1, -0.05) is 13.8 Å². The van der Waals surface area contributed by atoms with Crippen molar-refractivity contribution in [3.8, 4) is 0 Å². The van der Waals surface area contributed by atoms with Crippen LogP contribution in [0, 0.1) is 17.6 Å². The van der Waals surface area contributed by atoms with Crippen LogP contribution in [0.1, 0.15) is 26.3 Å². The van der Waals surface area contributed by atoms with Gasteiger partial charge in [-0.2, -0.15) is 0 Å². The lowest BCUT2D eigenvalue weighted by molar-refractivity contribution is 0.267. The van der Waals surface area contributed by atoms with Gasteiger partial charge >= 0.3 is 0 Å². The molecule has 1 aromatic rings. The fourth-order valence-electron chi connectivity index (χ4n) is 1.53. The van der Waals surface area contributed by atoms with Crippen molar-refractivity contribution in [3.63, 3.8) is 0 Å². The van der Waals surface area contributed by atoms with Gasteiger partial charge in [-0.15, -0.1) is 12.4 Å². The van der Waals surface area contributed by atoms with E-state index < -0.39 is 11.6 Å². The average Bonchev–Trinajstić information content (AvgIpc) is 2.24. The Kier molecular flexibility index (Phi) is 6.74. The largest absolute Gasteiger partial charge is 0.329 e. The molecule has 0 bridgehead atoms. The first-order valence-electron chi connectivity index (χ1n) is 5.77. The second-order valence-electron chi connectivity index (χ2n) is 4.91. The highest BCUT2D eigenvalue weighted by Gasteiger charge is 2.25. The molecule has 0 saturated heterocycles. The summed E-state index contributed by atoms with van der Waals surface area (Å²) in [5, 5.41) is 3.26. The second kappa shape index (κ2) is 7.02. The third-order valence-corrected chi connectivity index (χ3v) is 3.32. The molecular formula is C13H21ClF2N2. The summed E-state index contributed by atoms with van der Waals surface area (Å²) in [6, 6.07) is 3.52. The molecule has 0 spiro atoms. The first-order valence-corrected chi connectivity index (χ1v) is 5.77. The Labute approximate surface area is 113 Å². The summed E-state index contributed by atoms with van der Waals surface area (Å²) >= 11 is 0. The zero-order chi connectivity index (χ0) is 13.1. The van der Waals surface area contributed by atoms with Gasteiger partial charge in [0.25, 0.3) is 0 Å². The van der Waals surface area contributed by atoms with E-state index in [0.29, 0.717) is 24.6 Å². The molecule has 0 aromatic heterocycles. The molecule has 1 unspecified atom stereocenters. The molecular weight excluding hydrogens is 258 g/mol. The first kappa shape index (κ1) is 17.3. The van der Waals surface area contributed by atoms with Gasteiger partial charge in [-0.25, -0.2) is 8.78 Å². The van der Waals surface area contributed by atoms with E-state index in [1.165, 1.54) is 12.1 Å². The predicted octanol–water partition coefficient (Wildman–Crippen LogP) is 2.85. The summed E-state index contributed by atoms with van der Waals surface area (Å²) in [5.74, 6) is -0.771. The molecule has 0 saturated carbocycles. The normalized spacial score (nSPS) is 14.2. The zero-order valence-electron chi connectivity index (χ0n) is 11.0. The maximum Gasteiger partial charge on any atom is 0.126 e. The van der Waals surface area contributed by atoms with Gasteiger partial charge in [-0.05, 0) is 30.5 Å². The molecule has 18 heavy (non-hydrogen) atoms.